The molecule has 45 heavy (non-hydrogen) atoms. The summed E-state index contributed by atoms with van der Waals surface area (Å²) in [5, 5.41) is 26.2. The van der Waals surface area contributed by atoms with Gasteiger partial charge in [-0.25, -0.2) is 14.4 Å². The zero-order chi connectivity index (χ0) is 33.4. The highest BCUT2D eigenvalue weighted by Gasteiger charge is 2.30. The van der Waals surface area contributed by atoms with Crippen LogP contribution in [-0.4, -0.2) is 77.0 Å². The van der Waals surface area contributed by atoms with E-state index < -0.39 is 53.6 Å². The molecule has 0 unspecified atom stereocenters. The van der Waals surface area contributed by atoms with Gasteiger partial charge in [0.1, 0.15) is 23.4 Å². The summed E-state index contributed by atoms with van der Waals surface area (Å²) < 4.78 is 16.1. The van der Waals surface area contributed by atoms with E-state index in [0.29, 0.717) is 12.1 Å². The van der Waals surface area contributed by atoms with Crippen molar-refractivity contribution in [3.05, 3.63) is 65.7 Å². The second kappa shape index (κ2) is 18.2. The van der Waals surface area contributed by atoms with Crippen LogP contribution in [0.1, 0.15) is 58.1 Å². The van der Waals surface area contributed by atoms with Crippen molar-refractivity contribution in [2.24, 2.45) is 0 Å². The molecule has 0 saturated heterocycles. The van der Waals surface area contributed by atoms with Crippen LogP contribution in [0.4, 0.5) is 4.79 Å². The molecular weight excluding hydrogens is 586 g/mol. The molecule has 13 nitrogen and oxygen atoms in total. The lowest BCUT2D eigenvalue weighted by Gasteiger charge is -2.25. The lowest BCUT2D eigenvalue weighted by atomic mass is 10.0. The molecule has 0 aliphatic rings. The summed E-state index contributed by atoms with van der Waals surface area (Å²) in [6.07, 6.45) is -0.280. The number of hydrogen-bond donors (Lipinski definition) is 5. The topological polar surface area (TPSA) is 190 Å². The number of alkyl carbamates (subject to hydrolysis) is 1. The van der Waals surface area contributed by atoms with Gasteiger partial charge in [-0.05, 0) is 50.5 Å². The molecule has 0 heterocycles. The number of aliphatic carboxylic acids is 2. The number of carboxylic acid groups (broad SMARTS) is 2. The Balaban J connectivity index is 2.21. The minimum Gasteiger partial charge on any atom is -0.478 e. The predicted octanol–water partition coefficient (Wildman–Crippen LogP) is 3.05. The van der Waals surface area contributed by atoms with E-state index in [4.69, 9.17) is 24.4 Å². The van der Waals surface area contributed by atoms with Crippen LogP contribution in [0.5, 0.6) is 5.75 Å². The molecule has 0 fully saturated rings. The van der Waals surface area contributed by atoms with E-state index in [0.717, 1.165) is 24.8 Å². The quantitative estimate of drug-likeness (QED) is 0.121. The van der Waals surface area contributed by atoms with Crippen LogP contribution in [0.25, 0.3) is 0 Å². The van der Waals surface area contributed by atoms with Crippen LogP contribution in [0.3, 0.4) is 0 Å². The van der Waals surface area contributed by atoms with Crippen molar-refractivity contribution < 1.29 is 48.4 Å². The van der Waals surface area contributed by atoms with Crippen molar-refractivity contribution >= 4 is 29.8 Å². The van der Waals surface area contributed by atoms with Crippen molar-refractivity contribution in [2.45, 2.75) is 83.8 Å². The summed E-state index contributed by atoms with van der Waals surface area (Å²) >= 11 is 0. The van der Waals surface area contributed by atoms with Gasteiger partial charge in [0.2, 0.25) is 11.8 Å². The predicted molar refractivity (Wildman–Crippen MR) is 164 cm³/mol. The highest BCUT2D eigenvalue weighted by molar-refractivity contribution is 5.96. The van der Waals surface area contributed by atoms with Gasteiger partial charge in [0.05, 0.1) is 13.2 Å². The third-order valence-corrected chi connectivity index (χ3v) is 6.18. The molecule has 0 aromatic heterocycles. The number of hydrogen-bond acceptors (Lipinski definition) is 8. The summed E-state index contributed by atoms with van der Waals surface area (Å²) in [7, 11) is 0. The SMILES string of the molecule is CCCCCNC(=O)[C@H](Cc1ccc(OC(C(=O)O)C(=O)O)cc1)NC(=O)[C@H](COCc1ccccc1)NC(=O)OC(C)(C)C. The van der Waals surface area contributed by atoms with Crippen molar-refractivity contribution in [1.82, 2.24) is 16.0 Å². The molecule has 2 aromatic rings. The zero-order valence-electron chi connectivity index (χ0n) is 26.0. The zero-order valence-corrected chi connectivity index (χ0v) is 26.0. The van der Waals surface area contributed by atoms with E-state index in [1.54, 1.807) is 20.8 Å². The normalized spacial score (nSPS) is 12.5. The van der Waals surface area contributed by atoms with E-state index in [9.17, 15) is 24.0 Å². The van der Waals surface area contributed by atoms with Gasteiger partial charge >= 0.3 is 18.0 Å². The van der Waals surface area contributed by atoms with Gasteiger partial charge in [-0.1, -0.05) is 62.2 Å². The summed E-state index contributed by atoms with van der Waals surface area (Å²) in [5.74, 6) is -4.44. The number of carbonyl (C=O) groups excluding carboxylic acids is 3. The van der Waals surface area contributed by atoms with Gasteiger partial charge in [0.25, 0.3) is 6.10 Å². The Bertz CT molecular complexity index is 1250. The highest BCUT2D eigenvalue weighted by atomic mass is 16.6. The molecule has 0 radical (unpaired) electrons. The average molecular weight is 630 g/mol. The van der Waals surface area contributed by atoms with Gasteiger partial charge in [-0.3, -0.25) is 9.59 Å². The minimum absolute atomic E-state index is 0.00431. The van der Waals surface area contributed by atoms with Gasteiger partial charge in [0.15, 0.2) is 0 Å². The van der Waals surface area contributed by atoms with Crippen molar-refractivity contribution in [3.8, 4) is 5.75 Å². The summed E-state index contributed by atoms with van der Waals surface area (Å²) in [6.45, 7) is 7.47. The highest BCUT2D eigenvalue weighted by Crippen LogP contribution is 2.16. The monoisotopic (exact) mass is 629 g/mol. The first-order chi connectivity index (χ1) is 21.3. The van der Waals surface area contributed by atoms with Gasteiger partial charge < -0.3 is 40.4 Å². The molecule has 3 amide bonds. The number of nitrogens with one attached hydrogen (secondary N) is 3. The summed E-state index contributed by atoms with van der Waals surface area (Å²) in [4.78, 5) is 61.6. The molecule has 5 N–H and O–H groups in total. The largest absolute Gasteiger partial charge is 0.478 e. The number of benzene rings is 2. The molecule has 0 saturated carbocycles. The van der Waals surface area contributed by atoms with E-state index in [2.05, 4.69) is 16.0 Å². The van der Waals surface area contributed by atoms with Gasteiger partial charge in [-0.15, -0.1) is 0 Å². The van der Waals surface area contributed by atoms with Crippen LogP contribution in [0.2, 0.25) is 0 Å². The van der Waals surface area contributed by atoms with Crippen LogP contribution in [0, 0.1) is 0 Å². The Morgan fingerprint density at radius 1 is 0.800 bits per heavy atom. The van der Waals surface area contributed by atoms with Crippen LogP contribution < -0.4 is 20.7 Å². The average Bonchev–Trinajstić information content (AvgIpc) is 2.97. The Labute approximate surface area is 262 Å². The third kappa shape index (κ3) is 14.1. The van der Waals surface area contributed by atoms with Crippen LogP contribution in [-0.2, 0) is 41.7 Å². The first kappa shape index (κ1) is 36.5. The van der Waals surface area contributed by atoms with Gasteiger partial charge in [-0.2, -0.15) is 0 Å². The van der Waals surface area contributed by atoms with E-state index >= 15 is 0 Å². The fourth-order valence-corrected chi connectivity index (χ4v) is 3.98. The lowest BCUT2D eigenvalue weighted by Crippen LogP contribution is -2.56. The minimum atomic E-state index is -2.09. The van der Waals surface area contributed by atoms with Crippen molar-refractivity contribution in [3.63, 3.8) is 0 Å². The number of carboxylic acids is 2. The molecule has 0 aliphatic carbocycles. The summed E-state index contributed by atoms with van der Waals surface area (Å²) in [6, 6.07) is 12.8. The molecule has 0 bridgehead atoms. The smallest absolute Gasteiger partial charge is 0.408 e. The Kier molecular flexibility index (Phi) is 14.8. The summed E-state index contributed by atoms with van der Waals surface area (Å²) in [5.41, 5.74) is 0.612. The standard InChI is InChI=1S/C32H43N3O10/c1-5-6-10-17-33-27(36)24(18-21-13-15-23(16-14-21)44-26(29(38)39)30(40)41)34-28(37)25(35-31(42)45-32(2,3)4)20-43-19-22-11-8-7-9-12-22/h7-9,11-16,24-26H,5-6,10,17-20H2,1-4H3,(H,33,36)(H,34,37)(H,35,42)(H,38,39)(H,40,41)/t24-,25-/m0/s1. The molecule has 13 heteroatoms. The second-order valence-electron chi connectivity index (χ2n) is 11.3. The number of unbranched alkanes of at least 4 members (excludes halogenated alkanes) is 2. The number of amides is 3. The number of carbonyl (C=O) groups is 5. The third-order valence-electron chi connectivity index (χ3n) is 6.18. The maximum Gasteiger partial charge on any atom is 0.408 e. The number of rotatable bonds is 18. The van der Waals surface area contributed by atoms with Crippen molar-refractivity contribution in [1.29, 1.82) is 0 Å². The van der Waals surface area contributed by atoms with E-state index in [1.165, 1.54) is 24.3 Å². The fraction of sp³-hybridized carbons (Fsp3) is 0.469. The molecule has 0 spiro atoms. The second-order valence-corrected chi connectivity index (χ2v) is 11.3. The first-order valence-electron chi connectivity index (χ1n) is 14.7. The van der Waals surface area contributed by atoms with Crippen LogP contribution >= 0.6 is 0 Å². The molecule has 246 valence electrons. The Hall–Kier alpha value is -4.65. The maximum atomic E-state index is 13.5. The maximum absolute atomic E-state index is 13.5. The molecule has 0 aliphatic heterocycles. The van der Waals surface area contributed by atoms with E-state index in [-0.39, 0.29) is 25.4 Å². The molecule has 2 aromatic carbocycles. The Morgan fingerprint density at radius 2 is 1.44 bits per heavy atom. The molecule has 2 atom stereocenters. The Morgan fingerprint density at radius 3 is 2.02 bits per heavy atom. The van der Waals surface area contributed by atoms with E-state index in [1.807, 2.05) is 37.3 Å². The fourth-order valence-electron chi connectivity index (χ4n) is 3.98. The molecule has 2 rings (SSSR count). The first-order valence-corrected chi connectivity index (χ1v) is 14.7. The van der Waals surface area contributed by atoms with Gasteiger partial charge in [0, 0.05) is 13.0 Å². The van der Waals surface area contributed by atoms with Crippen molar-refractivity contribution in [2.75, 3.05) is 13.2 Å². The number of ether oxygens (including phenoxy) is 3. The molecular formula is C32H43N3O10. The van der Waals surface area contributed by atoms with Crippen LogP contribution in [0.15, 0.2) is 54.6 Å². The lowest BCUT2D eigenvalue weighted by molar-refractivity contribution is -0.159.